The van der Waals surface area contributed by atoms with Gasteiger partial charge in [0.15, 0.2) is 11.5 Å². The second-order valence-electron chi connectivity index (χ2n) is 6.04. The molecule has 0 radical (unpaired) electrons. The lowest BCUT2D eigenvalue weighted by atomic mass is 10.1. The van der Waals surface area contributed by atoms with Gasteiger partial charge in [-0.05, 0) is 41.5 Å². The highest BCUT2D eigenvalue weighted by Crippen LogP contribution is 2.38. The van der Waals surface area contributed by atoms with E-state index in [-0.39, 0.29) is 12.0 Å². The Bertz CT molecular complexity index is 824. The molecule has 0 aliphatic carbocycles. The summed E-state index contributed by atoms with van der Waals surface area (Å²) in [7, 11) is 7.83. The fraction of sp³-hybridized carbons (Fsp3) is 0.318. The van der Waals surface area contributed by atoms with Crippen molar-refractivity contribution in [1.82, 2.24) is 5.32 Å². The SMILES string of the molecule is COc1cccc(C(CNC(=O)/C=C/c2cc(OC)c(OC)c(OC)c2)OC)c1. The zero-order valence-electron chi connectivity index (χ0n) is 17.4. The Balaban J connectivity index is 2.05. The number of amides is 1. The number of methoxy groups -OCH3 is 5. The van der Waals surface area contributed by atoms with Crippen molar-refractivity contribution >= 4 is 12.0 Å². The van der Waals surface area contributed by atoms with Crippen LogP contribution in [-0.2, 0) is 9.53 Å². The quantitative estimate of drug-likeness (QED) is 0.616. The highest BCUT2D eigenvalue weighted by atomic mass is 16.5. The van der Waals surface area contributed by atoms with Crippen LogP contribution in [0, 0.1) is 0 Å². The molecule has 0 saturated heterocycles. The van der Waals surface area contributed by atoms with Gasteiger partial charge in [-0.2, -0.15) is 0 Å². The van der Waals surface area contributed by atoms with Crippen molar-refractivity contribution in [2.45, 2.75) is 6.10 Å². The minimum atomic E-state index is -0.288. The van der Waals surface area contributed by atoms with E-state index in [4.69, 9.17) is 23.7 Å². The molecule has 0 heterocycles. The van der Waals surface area contributed by atoms with Gasteiger partial charge in [0.25, 0.3) is 0 Å². The van der Waals surface area contributed by atoms with Crippen LogP contribution in [0.15, 0.2) is 42.5 Å². The van der Waals surface area contributed by atoms with E-state index < -0.39 is 0 Å². The summed E-state index contributed by atoms with van der Waals surface area (Å²) in [6.45, 7) is 0.322. The second kappa shape index (κ2) is 11.0. The molecule has 156 valence electrons. The molecule has 2 aromatic rings. The van der Waals surface area contributed by atoms with Crippen molar-refractivity contribution in [2.75, 3.05) is 42.1 Å². The van der Waals surface area contributed by atoms with E-state index in [1.54, 1.807) is 46.6 Å². The molecule has 0 spiro atoms. The molecular formula is C22H27NO6. The van der Waals surface area contributed by atoms with Crippen molar-refractivity contribution < 1.29 is 28.5 Å². The van der Waals surface area contributed by atoms with Crippen LogP contribution in [0.5, 0.6) is 23.0 Å². The first kappa shape index (κ1) is 22.1. The molecule has 1 amide bonds. The Morgan fingerprint density at radius 2 is 1.66 bits per heavy atom. The maximum atomic E-state index is 12.3. The number of benzene rings is 2. The number of carbonyl (C=O) groups is 1. The number of ether oxygens (including phenoxy) is 5. The molecule has 0 fully saturated rings. The third-order valence-corrected chi connectivity index (χ3v) is 4.33. The van der Waals surface area contributed by atoms with Gasteiger partial charge in [0.2, 0.25) is 11.7 Å². The summed E-state index contributed by atoms with van der Waals surface area (Å²) in [4.78, 5) is 12.3. The van der Waals surface area contributed by atoms with E-state index in [0.717, 1.165) is 16.9 Å². The molecule has 0 bridgehead atoms. The van der Waals surface area contributed by atoms with Crippen molar-refractivity contribution in [1.29, 1.82) is 0 Å². The van der Waals surface area contributed by atoms with Crippen LogP contribution in [0.2, 0.25) is 0 Å². The minimum Gasteiger partial charge on any atom is -0.497 e. The molecule has 0 aliphatic rings. The minimum absolute atomic E-state index is 0.247. The van der Waals surface area contributed by atoms with Crippen LogP contribution in [0.3, 0.4) is 0 Å². The van der Waals surface area contributed by atoms with Crippen LogP contribution in [-0.4, -0.2) is 48.0 Å². The smallest absolute Gasteiger partial charge is 0.244 e. The third kappa shape index (κ3) is 5.89. The van der Waals surface area contributed by atoms with Crippen LogP contribution in [0.4, 0.5) is 0 Å². The molecule has 1 unspecified atom stereocenters. The summed E-state index contributed by atoms with van der Waals surface area (Å²) < 4.78 is 26.7. The monoisotopic (exact) mass is 401 g/mol. The number of nitrogens with one attached hydrogen (secondary N) is 1. The van der Waals surface area contributed by atoms with Crippen molar-refractivity contribution in [3.05, 3.63) is 53.6 Å². The molecule has 2 rings (SSSR count). The molecule has 0 saturated carbocycles. The Labute approximate surface area is 171 Å². The summed E-state index contributed by atoms with van der Waals surface area (Å²) in [5.41, 5.74) is 1.66. The first-order chi connectivity index (χ1) is 14.1. The van der Waals surface area contributed by atoms with E-state index in [9.17, 15) is 4.79 Å². The molecule has 7 nitrogen and oxygen atoms in total. The average Bonchev–Trinajstić information content (AvgIpc) is 2.77. The maximum Gasteiger partial charge on any atom is 0.244 e. The van der Waals surface area contributed by atoms with Gasteiger partial charge < -0.3 is 29.0 Å². The Morgan fingerprint density at radius 1 is 0.966 bits per heavy atom. The van der Waals surface area contributed by atoms with Gasteiger partial charge in [-0.3, -0.25) is 4.79 Å². The normalized spacial score (nSPS) is 11.8. The van der Waals surface area contributed by atoms with Crippen LogP contribution in [0.25, 0.3) is 6.08 Å². The summed E-state index contributed by atoms with van der Waals surface area (Å²) >= 11 is 0. The average molecular weight is 401 g/mol. The van der Waals surface area contributed by atoms with Gasteiger partial charge in [-0.25, -0.2) is 0 Å². The Kier molecular flexibility index (Phi) is 8.36. The van der Waals surface area contributed by atoms with E-state index in [1.807, 2.05) is 24.3 Å². The zero-order chi connectivity index (χ0) is 21.2. The molecule has 7 heteroatoms. The summed E-state index contributed by atoms with van der Waals surface area (Å²) in [5, 5.41) is 2.84. The lowest BCUT2D eigenvalue weighted by molar-refractivity contribution is -0.117. The number of hydrogen-bond acceptors (Lipinski definition) is 6. The van der Waals surface area contributed by atoms with E-state index >= 15 is 0 Å². The van der Waals surface area contributed by atoms with Gasteiger partial charge in [-0.15, -0.1) is 0 Å². The van der Waals surface area contributed by atoms with Crippen LogP contribution >= 0.6 is 0 Å². The largest absolute Gasteiger partial charge is 0.497 e. The van der Waals surface area contributed by atoms with Crippen molar-refractivity contribution in [3.63, 3.8) is 0 Å². The van der Waals surface area contributed by atoms with Crippen LogP contribution in [0.1, 0.15) is 17.2 Å². The molecule has 1 atom stereocenters. The number of rotatable bonds is 10. The first-order valence-electron chi connectivity index (χ1n) is 8.98. The van der Waals surface area contributed by atoms with E-state index in [0.29, 0.717) is 23.8 Å². The van der Waals surface area contributed by atoms with Gasteiger partial charge in [0.05, 0.1) is 34.5 Å². The molecule has 0 aliphatic heterocycles. The predicted molar refractivity (Wildman–Crippen MR) is 111 cm³/mol. The number of carbonyl (C=O) groups excluding carboxylic acids is 1. The van der Waals surface area contributed by atoms with Crippen LogP contribution < -0.4 is 24.3 Å². The van der Waals surface area contributed by atoms with Crippen molar-refractivity contribution in [2.24, 2.45) is 0 Å². The van der Waals surface area contributed by atoms with Gasteiger partial charge >= 0.3 is 0 Å². The second-order valence-corrected chi connectivity index (χ2v) is 6.04. The Hall–Kier alpha value is -3.19. The fourth-order valence-corrected chi connectivity index (χ4v) is 2.80. The molecular weight excluding hydrogens is 374 g/mol. The topological polar surface area (TPSA) is 75.3 Å². The third-order valence-electron chi connectivity index (χ3n) is 4.33. The highest BCUT2D eigenvalue weighted by Gasteiger charge is 2.13. The highest BCUT2D eigenvalue weighted by molar-refractivity contribution is 5.91. The zero-order valence-corrected chi connectivity index (χ0v) is 17.4. The van der Waals surface area contributed by atoms with Crippen molar-refractivity contribution in [3.8, 4) is 23.0 Å². The molecule has 2 aromatic carbocycles. The van der Waals surface area contributed by atoms with E-state index in [2.05, 4.69) is 5.32 Å². The maximum absolute atomic E-state index is 12.3. The first-order valence-corrected chi connectivity index (χ1v) is 8.98. The predicted octanol–water partition coefficient (Wildman–Crippen LogP) is 3.24. The molecule has 29 heavy (non-hydrogen) atoms. The Morgan fingerprint density at radius 3 is 2.21 bits per heavy atom. The standard InChI is InChI=1S/C22H27NO6/c1-25-17-8-6-7-16(13-17)20(28-4)14-23-21(24)10-9-15-11-18(26-2)22(29-5)19(12-15)27-3/h6-13,20H,14H2,1-5H3,(H,23,24)/b10-9+. The van der Waals surface area contributed by atoms with Gasteiger partial charge in [-0.1, -0.05) is 12.1 Å². The van der Waals surface area contributed by atoms with Gasteiger partial charge in [0, 0.05) is 19.7 Å². The summed E-state index contributed by atoms with van der Waals surface area (Å²) in [5.74, 6) is 2.02. The molecule has 0 aromatic heterocycles. The fourth-order valence-electron chi connectivity index (χ4n) is 2.80. The van der Waals surface area contributed by atoms with Gasteiger partial charge in [0.1, 0.15) is 5.75 Å². The van der Waals surface area contributed by atoms with E-state index in [1.165, 1.54) is 13.2 Å². The summed E-state index contributed by atoms with van der Waals surface area (Å²) in [6, 6.07) is 11.1. The summed E-state index contributed by atoms with van der Waals surface area (Å²) in [6.07, 6.45) is 2.83. The molecule has 1 N–H and O–H groups in total. The lowest BCUT2D eigenvalue weighted by Crippen LogP contribution is -2.27. The number of hydrogen-bond donors (Lipinski definition) is 1. The lowest BCUT2D eigenvalue weighted by Gasteiger charge is -2.16.